The Labute approximate surface area is 193 Å². The van der Waals surface area contributed by atoms with Gasteiger partial charge in [0, 0.05) is 41.8 Å². The molecule has 1 amide bonds. The number of nitrogens with zero attached hydrogens (tertiary/aromatic N) is 2. The number of carbonyl (C=O) groups excluding carboxylic acids is 1. The number of nitrogens with one attached hydrogen (secondary N) is 1. The van der Waals surface area contributed by atoms with Gasteiger partial charge >= 0.3 is 0 Å². The number of carbonyl (C=O) groups is 1. The molecule has 0 atom stereocenters. The largest absolute Gasteiger partial charge is 0.497 e. The summed E-state index contributed by atoms with van der Waals surface area (Å²) in [7, 11) is 3.18. The van der Waals surface area contributed by atoms with Gasteiger partial charge in [0.05, 0.1) is 25.3 Å². The van der Waals surface area contributed by atoms with Gasteiger partial charge in [-0.15, -0.1) is 0 Å². The van der Waals surface area contributed by atoms with E-state index in [4.69, 9.17) is 9.47 Å². The summed E-state index contributed by atoms with van der Waals surface area (Å²) in [6.45, 7) is 0.810. The van der Waals surface area contributed by atoms with Gasteiger partial charge in [0.25, 0.3) is 5.56 Å². The molecule has 4 aromatic rings. The van der Waals surface area contributed by atoms with Gasteiger partial charge in [0.15, 0.2) is 0 Å². The van der Waals surface area contributed by atoms with E-state index in [1.165, 1.54) is 0 Å². The average molecular weight is 498 g/mol. The predicted molar refractivity (Wildman–Crippen MR) is 127 cm³/mol. The Hall–Kier alpha value is -3.26. The van der Waals surface area contributed by atoms with Crippen molar-refractivity contribution in [1.82, 2.24) is 14.3 Å². The zero-order valence-electron chi connectivity index (χ0n) is 17.9. The first-order chi connectivity index (χ1) is 15.5. The second-order valence-electron chi connectivity index (χ2n) is 7.41. The maximum atomic E-state index is 13.0. The highest BCUT2D eigenvalue weighted by Gasteiger charge is 2.12. The Morgan fingerprint density at radius 2 is 1.88 bits per heavy atom. The first kappa shape index (κ1) is 22.0. The summed E-state index contributed by atoms with van der Waals surface area (Å²) in [5.74, 6) is 1.28. The first-order valence-corrected chi connectivity index (χ1v) is 11.1. The van der Waals surface area contributed by atoms with E-state index in [9.17, 15) is 9.59 Å². The molecule has 32 heavy (non-hydrogen) atoms. The van der Waals surface area contributed by atoms with E-state index in [1.54, 1.807) is 24.9 Å². The van der Waals surface area contributed by atoms with Crippen LogP contribution in [0, 0.1) is 0 Å². The maximum absolute atomic E-state index is 13.0. The fourth-order valence-corrected chi connectivity index (χ4v) is 4.18. The number of rotatable bonds is 8. The molecule has 2 aromatic heterocycles. The van der Waals surface area contributed by atoms with Crippen LogP contribution in [-0.4, -0.2) is 29.1 Å². The zero-order valence-corrected chi connectivity index (χ0v) is 19.5. The number of aryl methyl sites for hydroxylation is 1. The molecule has 0 fully saturated rings. The molecular formula is C24H24BrN3O4. The first-order valence-electron chi connectivity index (χ1n) is 10.3. The van der Waals surface area contributed by atoms with Gasteiger partial charge in [-0.2, -0.15) is 0 Å². The molecule has 0 aliphatic carbocycles. The van der Waals surface area contributed by atoms with Crippen molar-refractivity contribution in [3.63, 3.8) is 0 Å². The predicted octanol–water partition coefficient (Wildman–Crippen LogP) is 4.13. The van der Waals surface area contributed by atoms with Gasteiger partial charge in [-0.25, -0.2) is 0 Å². The molecule has 0 unspecified atom stereocenters. The number of hydrogen-bond acceptors (Lipinski definition) is 4. The summed E-state index contributed by atoms with van der Waals surface area (Å²) < 4.78 is 15.1. The van der Waals surface area contributed by atoms with E-state index >= 15 is 0 Å². The summed E-state index contributed by atoms with van der Waals surface area (Å²) in [6, 6.07) is 15.0. The average Bonchev–Trinajstić information content (AvgIpc) is 3.30. The Kier molecular flexibility index (Phi) is 6.50. The molecule has 0 spiro atoms. The lowest BCUT2D eigenvalue weighted by Gasteiger charge is -2.13. The van der Waals surface area contributed by atoms with Crippen LogP contribution in [-0.2, 0) is 17.9 Å². The molecule has 0 saturated heterocycles. The van der Waals surface area contributed by atoms with Crippen LogP contribution in [0.1, 0.15) is 18.4 Å². The molecule has 7 nitrogen and oxygen atoms in total. The lowest BCUT2D eigenvalue weighted by atomic mass is 10.2. The van der Waals surface area contributed by atoms with Crippen LogP contribution in [0.2, 0.25) is 0 Å². The van der Waals surface area contributed by atoms with Crippen molar-refractivity contribution in [2.75, 3.05) is 14.2 Å². The van der Waals surface area contributed by atoms with Crippen LogP contribution < -0.4 is 20.3 Å². The Morgan fingerprint density at radius 3 is 2.66 bits per heavy atom. The molecule has 0 aliphatic rings. The molecule has 4 rings (SSSR count). The van der Waals surface area contributed by atoms with Gasteiger partial charge < -0.3 is 23.8 Å². The molecule has 1 N–H and O–H groups in total. The highest BCUT2D eigenvalue weighted by Crippen LogP contribution is 2.24. The minimum absolute atomic E-state index is 0.0658. The van der Waals surface area contributed by atoms with Crippen LogP contribution in [0.3, 0.4) is 0 Å². The standard InChI is InChI=1S/C24H24BrN3O4/c1-31-18-9-7-16(22(14-18)32-2)15-26-23(29)6-4-12-28-21-13-17(25)8-10-19(21)27-11-3-5-20(27)24(28)30/h3,5,7-11,13-14H,4,6,12,15H2,1-2H3,(H,26,29). The third-order valence-electron chi connectivity index (χ3n) is 5.46. The van der Waals surface area contributed by atoms with Crippen molar-refractivity contribution in [2.45, 2.75) is 25.9 Å². The summed E-state index contributed by atoms with van der Waals surface area (Å²) in [5, 5.41) is 2.93. The second kappa shape index (κ2) is 9.48. The molecule has 8 heteroatoms. The molecule has 0 aliphatic heterocycles. The molecule has 166 valence electrons. The summed E-state index contributed by atoms with van der Waals surface area (Å²) >= 11 is 3.49. The summed E-state index contributed by atoms with van der Waals surface area (Å²) in [6.07, 6.45) is 2.74. The van der Waals surface area contributed by atoms with Gasteiger partial charge in [-0.1, -0.05) is 15.9 Å². The highest BCUT2D eigenvalue weighted by atomic mass is 79.9. The molecule has 2 aromatic carbocycles. The van der Waals surface area contributed by atoms with E-state index in [1.807, 2.05) is 53.1 Å². The smallest absolute Gasteiger partial charge is 0.275 e. The Morgan fingerprint density at radius 1 is 1.03 bits per heavy atom. The van der Waals surface area contributed by atoms with Gasteiger partial charge in [-0.05, 0) is 48.9 Å². The van der Waals surface area contributed by atoms with E-state index in [2.05, 4.69) is 21.2 Å². The van der Waals surface area contributed by atoms with Gasteiger partial charge in [0.1, 0.15) is 17.0 Å². The lowest BCUT2D eigenvalue weighted by Crippen LogP contribution is -2.25. The van der Waals surface area contributed by atoms with Gasteiger partial charge in [-0.3, -0.25) is 9.59 Å². The van der Waals surface area contributed by atoms with Crippen molar-refractivity contribution in [3.05, 3.63) is 75.1 Å². The maximum Gasteiger partial charge on any atom is 0.275 e. The third kappa shape index (κ3) is 4.36. The minimum Gasteiger partial charge on any atom is -0.497 e. The minimum atomic E-state index is -0.0785. The van der Waals surface area contributed by atoms with Crippen molar-refractivity contribution in [3.8, 4) is 11.5 Å². The number of halogens is 1. The highest BCUT2D eigenvalue weighted by molar-refractivity contribution is 9.10. The fourth-order valence-electron chi connectivity index (χ4n) is 3.83. The van der Waals surface area contributed by atoms with E-state index < -0.39 is 0 Å². The molecule has 2 heterocycles. The number of ether oxygens (including phenoxy) is 2. The SMILES string of the molecule is COc1ccc(CNC(=O)CCCn2c(=O)c3cccn3c3ccc(Br)cc32)c(OC)c1. The number of amides is 1. The number of hydrogen-bond donors (Lipinski definition) is 1. The molecular weight excluding hydrogens is 474 g/mol. The van der Waals surface area contributed by atoms with Crippen LogP contribution >= 0.6 is 15.9 Å². The Balaban J connectivity index is 1.44. The second-order valence-corrected chi connectivity index (χ2v) is 8.33. The third-order valence-corrected chi connectivity index (χ3v) is 5.95. The number of methoxy groups -OCH3 is 2. The van der Waals surface area contributed by atoms with Crippen molar-refractivity contribution in [1.29, 1.82) is 0 Å². The van der Waals surface area contributed by atoms with Crippen LogP contribution in [0.5, 0.6) is 11.5 Å². The van der Waals surface area contributed by atoms with Crippen LogP contribution in [0.25, 0.3) is 16.6 Å². The number of aromatic nitrogens is 2. The summed E-state index contributed by atoms with van der Waals surface area (Å²) in [4.78, 5) is 25.5. The zero-order chi connectivity index (χ0) is 22.7. The van der Waals surface area contributed by atoms with Crippen LogP contribution in [0.4, 0.5) is 0 Å². The van der Waals surface area contributed by atoms with Crippen molar-refractivity contribution < 1.29 is 14.3 Å². The van der Waals surface area contributed by atoms with Gasteiger partial charge in [0.2, 0.25) is 5.91 Å². The van der Waals surface area contributed by atoms with Crippen molar-refractivity contribution >= 4 is 38.4 Å². The fraction of sp³-hybridized carbons (Fsp3) is 0.250. The van der Waals surface area contributed by atoms with Crippen molar-refractivity contribution in [2.24, 2.45) is 0 Å². The quantitative estimate of drug-likeness (QED) is 0.397. The number of benzene rings is 2. The van der Waals surface area contributed by atoms with E-state index in [0.717, 1.165) is 21.1 Å². The summed E-state index contributed by atoms with van der Waals surface area (Å²) in [5.41, 5.74) is 3.20. The van der Waals surface area contributed by atoms with E-state index in [0.29, 0.717) is 42.9 Å². The molecule has 0 saturated carbocycles. The van der Waals surface area contributed by atoms with E-state index in [-0.39, 0.29) is 11.5 Å². The lowest BCUT2D eigenvalue weighted by molar-refractivity contribution is -0.121. The number of fused-ring (bicyclic) bond motifs is 3. The Bertz CT molecular complexity index is 1340. The normalized spacial score (nSPS) is 11.1. The molecule has 0 bridgehead atoms. The molecule has 0 radical (unpaired) electrons. The van der Waals surface area contributed by atoms with Crippen LogP contribution in [0.15, 0.2) is 64.0 Å². The monoisotopic (exact) mass is 497 g/mol. The topological polar surface area (TPSA) is 74.0 Å².